The first-order valence-electron chi connectivity index (χ1n) is 5.85. The molecule has 0 bridgehead atoms. The zero-order chi connectivity index (χ0) is 12.7. The van der Waals surface area contributed by atoms with E-state index in [1.165, 1.54) is 17.8 Å². The molecule has 1 aliphatic heterocycles. The number of para-hydroxylation sites is 1. The molecule has 0 spiro atoms. The number of hydrogen-bond donors (Lipinski definition) is 0. The van der Waals surface area contributed by atoms with Crippen LogP contribution in [0.15, 0.2) is 36.5 Å². The van der Waals surface area contributed by atoms with Gasteiger partial charge in [-0.2, -0.15) is 0 Å². The normalized spacial score (nSPS) is 17.9. The third kappa shape index (κ3) is 1.75. The number of nitrogens with zero attached hydrogens (tertiary/aromatic N) is 2. The van der Waals surface area contributed by atoms with E-state index in [-0.39, 0.29) is 11.9 Å². The summed E-state index contributed by atoms with van der Waals surface area (Å²) in [6.07, 6.45) is 2.38. The Kier molecular flexibility index (Phi) is 2.71. The van der Waals surface area contributed by atoms with E-state index in [9.17, 15) is 4.39 Å². The maximum Gasteiger partial charge on any atom is 0.169 e. The summed E-state index contributed by atoms with van der Waals surface area (Å²) in [5, 5.41) is 0.316. The molecule has 0 N–H and O–H groups in total. The van der Waals surface area contributed by atoms with Crippen molar-refractivity contribution in [1.82, 2.24) is 4.98 Å². The lowest BCUT2D eigenvalue weighted by molar-refractivity contribution is 0.610. The van der Waals surface area contributed by atoms with Crippen molar-refractivity contribution in [3.8, 4) is 0 Å². The van der Waals surface area contributed by atoms with Crippen LogP contribution in [0, 0.1) is 5.82 Å². The van der Waals surface area contributed by atoms with Gasteiger partial charge in [0.05, 0.1) is 5.02 Å². The number of anilines is 2. The Morgan fingerprint density at radius 2 is 2.17 bits per heavy atom. The largest absolute Gasteiger partial charge is 0.321 e. The number of benzene rings is 1. The summed E-state index contributed by atoms with van der Waals surface area (Å²) in [5.41, 5.74) is 2.25. The van der Waals surface area contributed by atoms with Crippen LogP contribution in [0.25, 0.3) is 0 Å². The molecule has 2 nitrogen and oxygen atoms in total. The molecule has 1 aliphatic rings. The van der Waals surface area contributed by atoms with Crippen LogP contribution in [-0.2, 0) is 6.42 Å². The summed E-state index contributed by atoms with van der Waals surface area (Å²) in [6.45, 7) is 2.07. The Morgan fingerprint density at radius 1 is 1.39 bits per heavy atom. The van der Waals surface area contributed by atoms with Crippen molar-refractivity contribution in [3.63, 3.8) is 0 Å². The molecule has 1 aromatic heterocycles. The highest BCUT2D eigenvalue weighted by molar-refractivity contribution is 6.30. The number of rotatable bonds is 1. The van der Waals surface area contributed by atoms with Gasteiger partial charge in [-0.3, -0.25) is 0 Å². The molecule has 0 radical (unpaired) electrons. The van der Waals surface area contributed by atoms with Gasteiger partial charge in [-0.25, -0.2) is 9.37 Å². The van der Waals surface area contributed by atoms with Crippen LogP contribution in [0.5, 0.6) is 0 Å². The summed E-state index contributed by atoms with van der Waals surface area (Å²) in [4.78, 5) is 6.06. The molecule has 0 saturated heterocycles. The lowest BCUT2D eigenvalue weighted by atomic mass is 10.1. The third-order valence-corrected chi connectivity index (χ3v) is 3.43. The van der Waals surface area contributed by atoms with Crippen LogP contribution in [0.1, 0.15) is 12.5 Å². The van der Waals surface area contributed by atoms with Crippen molar-refractivity contribution in [1.29, 1.82) is 0 Å². The average molecular weight is 263 g/mol. The Labute approximate surface area is 110 Å². The van der Waals surface area contributed by atoms with Crippen LogP contribution in [0.3, 0.4) is 0 Å². The molecule has 0 fully saturated rings. The SMILES string of the molecule is CC1Cc2ccccc2N1c1ncc(Cl)cc1F. The van der Waals surface area contributed by atoms with Gasteiger partial charge in [0.25, 0.3) is 0 Å². The summed E-state index contributed by atoms with van der Waals surface area (Å²) in [5.74, 6) is -0.0390. The molecule has 0 saturated carbocycles. The molecule has 0 amide bonds. The number of aromatic nitrogens is 1. The number of fused-ring (bicyclic) bond motifs is 1. The van der Waals surface area contributed by atoms with E-state index in [2.05, 4.69) is 18.0 Å². The van der Waals surface area contributed by atoms with Gasteiger partial charge in [0.15, 0.2) is 11.6 Å². The summed E-state index contributed by atoms with van der Waals surface area (Å²) < 4.78 is 14.0. The highest BCUT2D eigenvalue weighted by Crippen LogP contribution is 2.38. The van der Waals surface area contributed by atoms with Gasteiger partial charge >= 0.3 is 0 Å². The molecule has 4 heteroatoms. The third-order valence-electron chi connectivity index (χ3n) is 3.22. The van der Waals surface area contributed by atoms with Crippen molar-refractivity contribution >= 4 is 23.1 Å². The number of hydrogen-bond acceptors (Lipinski definition) is 2. The molecule has 2 heterocycles. The van der Waals surface area contributed by atoms with Gasteiger partial charge in [-0.15, -0.1) is 0 Å². The Balaban J connectivity index is 2.12. The standard InChI is InChI=1S/C14H12ClFN2/c1-9-6-10-4-2-3-5-13(10)18(9)14-12(16)7-11(15)8-17-14/h2-5,7-9H,6H2,1H3. The Morgan fingerprint density at radius 3 is 2.94 bits per heavy atom. The molecule has 18 heavy (non-hydrogen) atoms. The van der Waals surface area contributed by atoms with E-state index in [1.54, 1.807) is 0 Å². The number of halogens is 2. The highest BCUT2D eigenvalue weighted by Gasteiger charge is 2.29. The highest BCUT2D eigenvalue weighted by atomic mass is 35.5. The molecular formula is C14H12ClFN2. The second-order valence-corrected chi connectivity index (χ2v) is 4.95. The fourth-order valence-corrected chi connectivity index (χ4v) is 2.62. The van der Waals surface area contributed by atoms with Gasteiger partial charge in [-0.05, 0) is 31.0 Å². The first-order chi connectivity index (χ1) is 8.66. The summed E-state index contributed by atoms with van der Waals surface area (Å²) >= 11 is 5.74. The second kappa shape index (κ2) is 4.25. The van der Waals surface area contributed by atoms with Gasteiger partial charge in [0.1, 0.15) is 0 Å². The van der Waals surface area contributed by atoms with Crippen molar-refractivity contribution in [3.05, 3.63) is 52.9 Å². The first kappa shape index (κ1) is 11.5. The molecule has 1 aromatic carbocycles. The van der Waals surface area contributed by atoms with E-state index in [4.69, 9.17) is 11.6 Å². The van der Waals surface area contributed by atoms with Crippen LogP contribution in [0.2, 0.25) is 5.02 Å². The smallest absolute Gasteiger partial charge is 0.169 e. The van der Waals surface area contributed by atoms with E-state index in [1.807, 2.05) is 23.1 Å². The lowest BCUT2D eigenvalue weighted by Gasteiger charge is -2.24. The van der Waals surface area contributed by atoms with Crippen LogP contribution in [-0.4, -0.2) is 11.0 Å². The molecule has 92 valence electrons. The Hall–Kier alpha value is -1.61. The molecule has 1 unspecified atom stereocenters. The molecule has 0 aliphatic carbocycles. The van der Waals surface area contributed by atoms with Crippen molar-refractivity contribution < 1.29 is 4.39 Å². The zero-order valence-corrected chi connectivity index (χ0v) is 10.7. The molecule has 3 rings (SSSR count). The van der Waals surface area contributed by atoms with Gasteiger partial charge in [-0.1, -0.05) is 29.8 Å². The maximum absolute atomic E-state index is 14.0. The maximum atomic E-state index is 14.0. The van der Waals surface area contributed by atoms with Crippen molar-refractivity contribution in [2.75, 3.05) is 4.90 Å². The Bertz CT molecular complexity index is 600. The minimum Gasteiger partial charge on any atom is -0.321 e. The zero-order valence-electron chi connectivity index (χ0n) is 9.90. The second-order valence-electron chi connectivity index (χ2n) is 4.51. The number of pyridine rings is 1. The quantitative estimate of drug-likeness (QED) is 0.773. The van der Waals surface area contributed by atoms with Crippen LogP contribution >= 0.6 is 11.6 Å². The minimum absolute atomic E-state index is 0.200. The molecule has 1 atom stereocenters. The minimum atomic E-state index is -0.383. The van der Waals surface area contributed by atoms with Crippen LogP contribution in [0.4, 0.5) is 15.9 Å². The predicted molar refractivity (Wildman–Crippen MR) is 71.0 cm³/mol. The topological polar surface area (TPSA) is 16.1 Å². The average Bonchev–Trinajstić information content (AvgIpc) is 2.66. The van der Waals surface area contributed by atoms with E-state index >= 15 is 0 Å². The van der Waals surface area contributed by atoms with E-state index in [0.29, 0.717) is 10.8 Å². The van der Waals surface area contributed by atoms with Crippen LogP contribution < -0.4 is 4.90 Å². The first-order valence-corrected chi connectivity index (χ1v) is 6.23. The molecular weight excluding hydrogens is 251 g/mol. The van der Waals surface area contributed by atoms with Gasteiger partial charge in [0.2, 0.25) is 0 Å². The van der Waals surface area contributed by atoms with Gasteiger partial charge in [0, 0.05) is 17.9 Å². The molecule has 2 aromatic rings. The predicted octanol–water partition coefficient (Wildman–Crippen LogP) is 3.96. The van der Waals surface area contributed by atoms with Crippen molar-refractivity contribution in [2.24, 2.45) is 0 Å². The fourth-order valence-electron chi connectivity index (χ4n) is 2.47. The monoisotopic (exact) mass is 262 g/mol. The van der Waals surface area contributed by atoms with Gasteiger partial charge < -0.3 is 4.90 Å². The lowest BCUT2D eigenvalue weighted by Crippen LogP contribution is -2.25. The van der Waals surface area contributed by atoms with Crippen molar-refractivity contribution in [2.45, 2.75) is 19.4 Å². The van der Waals surface area contributed by atoms with E-state index in [0.717, 1.165) is 12.1 Å². The summed E-state index contributed by atoms with van der Waals surface area (Å²) in [6, 6.07) is 9.52. The summed E-state index contributed by atoms with van der Waals surface area (Å²) in [7, 11) is 0. The van der Waals surface area contributed by atoms with E-state index < -0.39 is 0 Å². The fraction of sp³-hybridized carbons (Fsp3) is 0.214.